The molecule has 1 atom stereocenters. The number of carbonyl (C=O) groups excluding carboxylic acids is 1. The monoisotopic (exact) mass is 475 g/mol. The zero-order valence-electron chi connectivity index (χ0n) is 16.4. The molecule has 0 spiro atoms. The lowest BCUT2D eigenvalue weighted by atomic mass is 10.0. The Morgan fingerprint density at radius 1 is 1.26 bits per heavy atom. The van der Waals surface area contributed by atoms with Crippen LogP contribution in [0.1, 0.15) is 46.5 Å². The van der Waals surface area contributed by atoms with Crippen molar-refractivity contribution in [2.75, 3.05) is 6.54 Å². The Balaban J connectivity index is 1.40. The summed E-state index contributed by atoms with van der Waals surface area (Å²) in [4.78, 5) is 36.1. The Hall–Kier alpha value is -2.19. The fourth-order valence-corrected chi connectivity index (χ4v) is 5.66. The minimum Gasteiger partial charge on any atom is -0.378 e. The molecule has 6 nitrogen and oxygen atoms in total. The van der Waals surface area contributed by atoms with Gasteiger partial charge in [0.1, 0.15) is 5.82 Å². The van der Waals surface area contributed by atoms with Crippen LogP contribution in [0.2, 0.25) is 10.0 Å². The normalized spacial score (nSPS) is 17.8. The molecule has 1 aliphatic heterocycles. The van der Waals surface area contributed by atoms with E-state index in [-0.39, 0.29) is 17.5 Å². The van der Waals surface area contributed by atoms with Gasteiger partial charge in [0.2, 0.25) is 0 Å². The van der Waals surface area contributed by atoms with Crippen molar-refractivity contribution in [3.05, 3.63) is 83.6 Å². The average Bonchev–Trinajstić information content (AvgIpc) is 3.47. The van der Waals surface area contributed by atoms with Crippen molar-refractivity contribution in [2.45, 2.75) is 37.3 Å². The van der Waals surface area contributed by atoms with E-state index in [1.54, 1.807) is 35.6 Å². The van der Waals surface area contributed by atoms with E-state index in [0.717, 1.165) is 17.7 Å². The first-order chi connectivity index (χ1) is 14.9. The van der Waals surface area contributed by atoms with Crippen molar-refractivity contribution >= 4 is 40.4 Å². The van der Waals surface area contributed by atoms with E-state index >= 15 is 0 Å². The number of benzene rings is 1. The molecular weight excluding hydrogens is 457 g/mol. The van der Waals surface area contributed by atoms with Gasteiger partial charge in [-0.3, -0.25) is 9.59 Å². The highest BCUT2D eigenvalue weighted by Gasteiger charge is 2.50. The zero-order valence-corrected chi connectivity index (χ0v) is 18.7. The van der Waals surface area contributed by atoms with Crippen LogP contribution in [0.4, 0.5) is 0 Å². The third-order valence-corrected chi connectivity index (χ3v) is 7.74. The summed E-state index contributed by atoms with van der Waals surface area (Å²) in [7, 11) is 0. The zero-order chi connectivity index (χ0) is 21.8. The second-order valence-corrected chi connectivity index (χ2v) is 9.80. The van der Waals surface area contributed by atoms with Gasteiger partial charge in [0.05, 0.1) is 28.2 Å². The number of halogens is 2. The van der Waals surface area contributed by atoms with Gasteiger partial charge in [-0.25, -0.2) is 4.98 Å². The molecule has 1 saturated carbocycles. The molecule has 1 amide bonds. The molecule has 1 aliphatic carbocycles. The Morgan fingerprint density at radius 2 is 2.06 bits per heavy atom. The quantitative estimate of drug-likeness (QED) is 0.599. The van der Waals surface area contributed by atoms with Gasteiger partial charge in [0.15, 0.2) is 6.10 Å². The summed E-state index contributed by atoms with van der Waals surface area (Å²) in [6, 6.07) is 8.52. The van der Waals surface area contributed by atoms with Gasteiger partial charge in [-0.05, 0) is 36.6 Å². The van der Waals surface area contributed by atoms with Crippen molar-refractivity contribution < 1.29 is 9.90 Å². The summed E-state index contributed by atoms with van der Waals surface area (Å²) < 4.78 is 0. The molecular formula is C22H19Cl2N3O3S. The summed E-state index contributed by atoms with van der Waals surface area (Å²) in [6.45, 7) is 0.503. The predicted molar refractivity (Wildman–Crippen MR) is 120 cm³/mol. The molecule has 3 heterocycles. The predicted octanol–water partition coefficient (Wildman–Crippen LogP) is 3.84. The van der Waals surface area contributed by atoms with Crippen LogP contribution in [-0.4, -0.2) is 32.4 Å². The highest BCUT2D eigenvalue weighted by Crippen LogP contribution is 2.54. The number of nitrogens with zero attached hydrogens (tertiary/aromatic N) is 2. The molecule has 3 aromatic rings. The minimum absolute atomic E-state index is 0.117. The van der Waals surface area contributed by atoms with Crippen molar-refractivity contribution in [2.24, 2.45) is 0 Å². The third-order valence-electron chi connectivity index (χ3n) is 6.02. The van der Waals surface area contributed by atoms with Crippen LogP contribution < -0.4 is 5.56 Å². The molecule has 2 aliphatic rings. The topological polar surface area (TPSA) is 86.3 Å². The van der Waals surface area contributed by atoms with Gasteiger partial charge in [0.25, 0.3) is 11.5 Å². The molecule has 2 N–H and O–H groups in total. The van der Waals surface area contributed by atoms with Crippen molar-refractivity contribution in [1.82, 2.24) is 14.9 Å². The highest BCUT2D eigenvalue weighted by atomic mass is 35.5. The molecule has 0 radical (unpaired) electrons. The number of aliphatic hydroxyl groups is 1. The first kappa shape index (κ1) is 20.7. The maximum Gasteiger partial charge on any atom is 0.256 e. The van der Waals surface area contributed by atoms with E-state index in [1.807, 2.05) is 11.4 Å². The SMILES string of the molecule is O=C([C@H](O)c1cccc(Cl)c1)N1CCc2nc(C3(c4cc(Cl)cs4)CC3)[nH]c(=O)c2C1. The number of aliphatic hydroxyl groups excluding tert-OH is 1. The number of thiophene rings is 1. The lowest BCUT2D eigenvalue weighted by Gasteiger charge is -2.30. The Morgan fingerprint density at radius 3 is 2.74 bits per heavy atom. The van der Waals surface area contributed by atoms with E-state index in [2.05, 4.69) is 4.98 Å². The van der Waals surface area contributed by atoms with Crippen molar-refractivity contribution in [1.29, 1.82) is 0 Å². The second kappa shape index (κ2) is 7.74. The average molecular weight is 476 g/mol. The Bertz CT molecular complexity index is 1230. The Kier molecular flexibility index (Phi) is 5.17. The van der Waals surface area contributed by atoms with Crippen LogP contribution >= 0.6 is 34.5 Å². The molecule has 1 aromatic carbocycles. The first-order valence-corrected chi connectivity index (χ1v) is 11.6. The van der Waals surface area contributed by atoms with E-state index in [0.29, 0.717) is 45.7 Å². The highest BCUT2D eigenvalue weighted by molar-refractivity contribution is 7.10. The fraction of sp³-hybridized carbons (Fsp3) is 0.318. The molecule has 9 heteroatoms. The first-order valence-electron chi connectivity index (χ1n) is 9.97. The number of fused-ring (bicyclic) bond motifs is 1. The van der Waals surface area contributed by atoms with Gasteiger partial charge >= 0.3 is 0 Å². The molecule has 160 valence electrons. The molecule has 31 heavy (non-hydrogen) atoms. The summed E-state index contributed by atoms with van der Waals surface area (Å²) in [5, 5.41) is 13.5. The van der Waals surface area contributed by atoms with Crippen LogP contribution in [0.15, 0.2) is 40.5 Å². The van der Waals surface area contributed by atoms with Crippen LogP contribution in [-0.2, 0) is 23.2 Å². The minimum atomic E-state index is -1.33. The maximum absolute atomic E-state index is 12.9. The summed E-state index contributed by atoms with van der Waals surface area (Å²) >= 11 is 13.7. The number of nitrogens with one attached hydrogen (secondary N) is 1. The largest absolute Gasteiger partial charge is 0.378 e. The van der Waals surface area contributed by atoms with E-state index < -0.39 is 12.0 Å². The summed E-state index contributed by atoms with van der Waals surface area (Å²) in [5.41, 5.74) is 1.12. The smallest absolute Gasteiger partial charge is 0.256 e. The number of H-pyrrole nitrogens is 1. The van der Waals surface area contributed by atoms with Crippen LogP contribution in [0.5, 0.6) is 0 Å². The van der Waals surface area contributed by atoms with Gasteiger partial charge in [-0.15, -0.1) is 11.3 Å². The number of carbonyl (C=O) groups is 1. The van der Waals surface area contributed by atoms with Gasteiger partial charge < -0.3 is 15.0 Å². The van der Waals surface area contributed by atoms with Crippen molar-refractivity contribution in [3.63, 3.8) is 0 Å². The number of hydrogen-bond donors (Lipinski definition) is 2. The maximum atomic E-state index is 12.9. The lowest BCUT2D eigenvalue weighted by Crippen LogP contribution is -2.42. The number of aromatic amines is 1. The van der Waals surface area contributed by atoms with Gasteiger partial charge in [0, 0.05) is 28.2 Å². The lowest BCUT2D eigenvalue weighted by molar-refractivity contribution is -0.141. The number of aromatic nitrogens is 2. The van der Waals surface area contributed by atoms with Gasteiger partial charge in [-0.2, -0.15) is 0 Å². The standard InChI is InChI=1S/C22H19Cl2N3O3S/c23-13-3-1-2-12(8-13)18(28)20(30)27-7-4-16-15(10-27)19(29)26-21(25-16)22(5-6-22)17-9-14(24)11-31-17/h1-3,8-9,11,18,28H,4-7,10H2,(H,25,26,29)/t18-/m1/s1. The summed E-state index contributed by atoms with van der Waals surface area (Å²) in [5.74, 6) is 0.219. The van der Waals surface area contributed by atoms with Crippen molar-refractivity contribution in [3.8, 4) is 0 Å². The van der Waals surface area contributed by atoms with Crippen LogP contribution in [0, 0.1) is 0 Å². The number of amides is 1. The molecule has 0 unspecified atom stereocenters. The van der Waals surface area contributed by atoms with E-state index in [4.69, 9.17) is 28.2 Å². The molecule has 1 fully saturated rings. The molecule has 5 rings (SSSR count). The molecule has 2 aromatic heterocycles. The van der Waals surface area contributed by atoms with Crippen LogP contribution in [0.25, 0.3) is 0 Å². The second-order valence-electron chi connectivity index (χ2n) is 8.02. The Labute approximate surface area is 192 Å². The van der Waals surface area contributed by atoms with E-state index in [9.17, 15) is 14.7 Å². The van der Waals surface area contributed by atoms with E-state index in [1.165, 1.54) is 4.90 Å². The molecule has 0 bridgehead atoms. The molecule has 0 saturated heterocycles. The van der Waals surface area contributed by atoms with Gasteiger partial charge in [-0.1, -0.05) is 35.3 Å². The summed E-state index contributed by atoms with van der Waals surface area (Å²) in [6.07, 6.45) is 0.968. The fourth-order valence-electron chi connectivity index (χ4n) is 4.12. The number of hydrogen-bond acceptors (Lipinski definition) is 5. The van der Waals surface area contributed by atoms with Crippen LogP contribution in [0.3, 0.4) is 0 Å². The number of rotatable bonds is 4. The third kappa shape index (κ3) is 3.69.